The fourth-order valence-corrected chi connectivity index (χ4v) is 1.81. The maximum atomic E-state index is 5.78. The highest BCUT2D eigenvalue weighted by atomic mass is 79.9. The molecule has 0 aromatic carbocycles. The smallest absolute Gasteiger partial charge is 0.110 e. The molecule has 0 atom stereocenters. The van der Waals surface area contributed by atoms with E-state index in [0.717, 1.165) is 28.1 Å². The fourth-order valence-electron chi connectivity index (χ4n) is 0.842. The summed E-state index contributed by atoms with van der Waals surface area (Å²) in [7, 11) is 1.67. The van der Waals surface area contributed by atoms with Crippen LogP contribution in [0.2, 0.25) is 0 Å². The number of rotatable bonds is 1. The maximum Gasteiger partial charge on any atom is 0.110 e. The first-order chi connectivity index (χ1) is 4.74. The molecule has 56 valence electrons. The molecule has 0 aromatic heterocycles. The molecule has 1 aliphatic carbocycles. The number of ether oxygens (including phenoxy) is 1. The van der Waals surface area contributed by atoms with E-state index in [2.05, 4.69) is 15.9 Å². The number of halogens is 2. The van der Waals surface area contributed by atoms with E-state index in [-0.39, 0.29) is 0 Å². The van der Waals surface area contributed by atoms with Gasteiger partial charge in [0.25, 0.3) is 0 Å². The highest BCUT2D eigenvalue weighted by Gasteiger charge is 2.09. The van der Waals surface area contributed by atoms with Crippen LogP contribution in [0, 0.1) is 0 Å². The Morgan fingerprint density at radius 2 is 2.30 bits per heavy atom. The Balaban J connectivity index is 2.80. The zero-order valence-corrected chi connectivity index (χ0v) is 8.00. The van der Waals surface area contributed by atoms with E-state index in [9.17, 15) is 0 Å². The van der Waals surface area contributed by atoms with E-state index in [1.807, 2.05) is 6.08 Å². The van der Waals surface area contributed by atoms with Crippen molar-refractivity contribution >= 4 is 27.5 Å². The van der Waals surface area contributed by atoms with Gasteiger partial charge < -0.3 is 4.74 Å². The summed E-state index contributed by atoms with van der Waals surface area (Å²) in [5, 5.41) is 0.882. The highest BCUT2D eigenvalue weighted by molar-refractivity contribution is 9.11. The number of hydrogen-bond acceptors (Lipinski definition) is 1. The van der Waals surface area contributed by atoms with Gasteiger partial charge in [-0.1, -0.05) is 11.6 Å². The van der Waals surface area contributed by atoms with Gasteiger partial charge in [0, 0.05) is 11.5 Å². The zero-order valence-electron chi connectivity index (χ0n) is 5.66. The molecule has 0 aliphatic heterocycles. The summed E-state index contributed by atoms with van der Waals surface area (Å²) in [6.45, 7) is 0. The molecule has 0 saturated heterocycles. The molecule has 0 spiro atoms. The van der Waals surface area contributed by atoms with Gasteiger partial charge in [0.1, 0.15) is 5.76 Å². The van der Waals surface area contributed by atoms with E-state index in [4.69, 9.17) is 16.3 Å². The molecule has 0 unspecified atom stereocenters. The highest BCUT2D eigenvalue weighted by Crippen LogP contribution is 2.29. The van der Waals surface area contributed by atoms with Crippen LogP contribution >= 0.6 is 27.5 Å². The van der Waals surface area contributed by atoms with Gasteiger partial charge in [0.2, 0.25) is 0 Å². The average molecular weight is 223 g/mol. The van der Waals surface area contributed by atoms with Crippen LogP contribution in [0.25, 0.3) is 0 Å². The first-order valence-electron chi connectivity index (χ1n) is 3.02. The van der Waals surface area contributed by atoms with Crippen molar-refractivity contribution in [1.29, 1.82) is 0 Å². The van der Waals surface area contributed by atoms with Crippen LogP contribution in [0.15, 0.2) is 21.3 Å². The lowest BCUT2D eigenvalue weighted by atomic mass is 10.1. The lowest BCUT2D eigenvalue weighted by Gasteiger charge is -2.11. The average Bonchev–Trinajstić information content (AvgIpc) is 1.88. The largest absolute Gasteiger partial charge is 0.500 e. The van der Waals surface area contributed by atoms with Crippen LogP contribution in [0.3, 0.4) is 0 Å². The monoisotopic (exact) mass is 222 g/mol. The summed E-state index contributed by atoms with van der Waals surface area (Å²) >= 11 is 9.12. The standard InChI is InChI=1S/C7H8BrClO/c1-10-7-3-2-5(9)4-6(7)8/h4H,2-3H2,1H3. The second-order valence-corrected chi connectivity index (χ2v) is 3.41. The summed E-state index contributed by atoms with van der Waals surface area (Å²) in [4.78, 5) is 0. The van der Waals surface area contributed by atoms with Crippen molar-refractivity contribution in [3.05, 3.63) is 21.3 Å². The van der Waals surface area contributed by atoms with Crippen molar-refractivity contribution in [2.75, 3.05) is 7.11 Å². The van der Waals surface area contributed by atoms with E-state index < -0.39 is 0 Å². The normalized spacial score (nSPS) is 18.9. The molecule has 1 rings (SSSR count). The quantitative estimate of drug-likeness (QED) is 0.663. The molecular weight excluding hydrogens is 215 g/mol. The Kier molecular flexibility index (Phi) is 2.81. The molecule has 1 aliphatic rings. The third kappa shape index (κ3) is 1.77. The summed E-state index contributed by atoms with van der Waals surface area (Å²) in [6, 6.07) is 0. The molecule has 0 bridgehead atoms. The predicted octanol–water partition coefficient (Wildman–Crippen LogP) is 3.16. The van der Waals surface area contributed by atoms with Gasteiger partial charge in [-0.15, -0.1) is 0 Å². The van der Waals surface area contributed by atoms with Crippen molar-refractivity contribution in [2.45, 2.75) is 12.8 Å². The van der Waals surface area contributed by atoms with Crippen LogP contribution in [-0.4, -0.2) is 7.11 Å². The minimum Gasteiger partial charge on any atom is -0.500 e. The van der Waals surface area contributed by atoms with Crippen molar-refractivity contribution < 1.29 is 4.74 Å². The zero-order chi connectivity index (χ0) is 7.56. The summed E-state index contributed by atoms with van der Waals surface area (Å²) in [5.41, 5.74) is 0. The van der Waals surface area contributed by atoms with Gasteiger partial charge in [-0.2, -0.15) is 0 Å². The molecule has 0 N–H and O–H groups in total. The molecular formula is C7H8BrClO. The third-order valence-electron chi connectivity index (χ3n) is 1.39. The molecule has 0 aromatic rings. The van der Waals surface area contributed by atoms with Crippen molar-refractivity contribution in [1.82, 2.24) is 0 Å². The van der Waals surface area contributed by atoms with Gasteiger partial charge >= 0.3 is 0 Å². The molecule has 1 nitrogen and oxygen atoms in total. The summed E-state index contributed by atoms with van der Waals surface area (Å²) in [6.07, 6.45) is 3.66. The van der Waals surface area contributed by atoms with Crippen LogP contribution < -0.4 is 0 Å². The molecule has 3 heteroatoms. The minimum absolute atomic E-state index is 0.882. The van der Waals surface area contributed by atoms with Gasteiger partial charge in [-0.05, 0) is 28.4 Å². The number of methoxy groups -OCH3 is 1. The van der Waals surface area contributed by atoms with E-state index in [0.29, 0.717) is 0 Å². The van der Waals surface area contributed by atoms with E-state index >= 15 is 0 Å². The summed E-state index contributed by atoms with van der Waals surface area (Å²) < 4.78 is 6.05. The number of allylic oxidation sites excluding steroid dienone is 4. The van der Waals surface area contributed by atoms with E-state index in [1.54, 1.807) is 7.11 Å². The van der Waals surface area contributed by atoms with Crippen molar-refractivity contribution in [3.63, 3.8) is 0 Å². The van der Waals surface area contributed by atoms with Gasteiger partial charge in [-0.3, -0.25) is 0 Å². The topological polar surface area (TPSA) is 9.23 Å². The Hall–Kier alpha value is 0.0500. The second kappa shape index (κ2) is 3.44. The van der Waals surface area contributed by atoms with Gasteiger partial charge in [0.15, 0.2) is 0 Å². The number of hydrogen-bond donors (Lipinski definition) is 0. The van der Waals surface area contributed by atoms with Gasteiger partial charge in [0.05, 0.1) is 11.6 Å². The minimum atomic E-state index is 0.882. The lowest BCUT2D eigenvalue weighted by Crippen LogP contribution is -1.94. The molecule has 0 saturated carbocycles. The Morgan fingerprint density at radius 3 is 2.80 bits per heavy atom. The Morgan fingerprint density at radius 1 is 1.60 bits per heavy atom. The summed E-state index contributed by atoms with van der Waals surface area (Å²) in [5.74, 6) is 0.976. The van der Waals surface area contributed by atoms with E-state index in [1.165, 1.54) is 0 Å². The first kappa shape index (κ1) is 8.15. The predicted molar refractivity (Wildman–Crippen MR) is 46.1 cm³/mol. The molecule has 10 heavy (non-hydrogen) atoms. The maximum absolute atomic E-state index is 5.78. The van der Waals surface area contributed by atoms with Crippen LogP contribution in [0.1, 0.15) is 12.8 Å². The molecule has 0 amide bonds. The molecule has 0 fully saturated rings. The van der Waals surface area contributed by atoms with Crippen LogP contribution in [0.5, 0.6) is 0 Å². The third-order valence-corrected chi connectivity index (χ3v) is 2.36. The van der Waals surface area contributed by atoms with Gasteiger partial charge in [-0.25, -0.2) is 0 Å². The lowest BCUT2D eigenvalue weighted by molar-refractivity contribution is 0.275. The molecule has 0 heterocycles. The van der Waals surface area contributed by atoms with Crippen LogP contribution in [-0.2, 0) is 4.74 Å². The second-order valence-electron chi connectivity index (χ2n) is 2.07. The Bertz CT molecular complexity index is 196. The SMILES string of the molecule is COC1=C(Br)C=C(Cl)CC1. The first-order valence-corrected chi connectivity index (χ1v) is 4.20. The van der Waals surface area contributed by atoms with Crippen molar-refractivity contribution in [3.8, 4) is 0 Å². The van der Waals surface area contributed by atoms with Crippen LogP contribution in [0.4, 0.5) is 0 Å². The van der Waals surface area contributed by atoms with Crippen molar-refractivity contribution in [2.24, 2.45) is 0 Å². The fraction of sp³-hybridized carbons (Fsp3) is 0.429. The Labute approximate surface area is 73.8 Å². The molecule has 0 radical (unpaired) electrons.